The van der Waals surface area contributed by atoms with Crippen LogP contribution >= 0.6 is 11.3 Å². The molecule has 0 radical (unpaired) electrons. The zero-order chi connectivity index (χ0) is 18.4. The number of piperidine rings is 1. The molecule has 1 saturated heterocycles. The van der Waals surface area contributed by atoms with Crippen LogP contribution in [-0.2, 0) is 4.79 Å². The van der Waals surface area contributed by atoms with E-state index >= 15 is 0 Å². The average Bonchev–Trinajstić information content (AvgIpc) is 3.18. The number of ether oxygens (including phenoxy) is 1. The summed E-state index contributed by atoms with van der Waals surface area (Å²) >= 11 is 1.77. The van der Waals surface area contributed by atoms with Gasteiger partial charge in [-0.25, -0.2) is 0 Å². The molecule has 5 heteroatoms. The molecule has 0 spiro atoms. The monoisotopic (exact) mass is 372 g/mol. The van der Waals surface area contributed by atoms with Gasteiger partial charge in [0, 0.05) is 11.4 Å². The Bertz CT molecular complexity index is 709. The van der Waals surface area contributed by atoms with Gasteiger partial charge in [0.1, 0.15) is 5.75 Å². The third-order valence-corrected chi connectivity index (χ3v) is 6.08. The molecule has 140 valence electrons. The van der Waals surface area contributed by atoms with Crippen molar-refractivity contribution < 1.29 is 9.53 Å². The first-order valence-electron chi connectivity index (χ1n) is 9.38. The lowest BCUT2D eigenvalue weighted by Crippen LogP contribution is -2.41. The van der Waals surface area contributed by atoms with Crippen molar-refractivity contribution in [3.05, 3.63) is 51.7 Å². The molecule has 1 fully saturated rings. The molecular formula is C21H28N2O2S. The summed E-state index contributed by atoms with van der Waals surface area (Å²) in [5, 5.41) is 5.18. The smallest absolute Gasteiger partial charge is 0.258 e. The van der Waals surface area contributed by atoms with E-state index in [4.69, 9.17) is 4.74 Å². The van der Waals surface area contributed by atoms with E-state index in [1.165, 1.54) is 29.7 Å². The molecule has 1 atom stereocenters. The summed E-state index contributed by atoms with van der Waals surface area (Å²) in [6, 6.07) is 10.4. The first-order chi connectivity index (χ1) is 12.6. The molecule has 0 saturated carbocycles. The van der Waals surface area contributed by atoms with Crippen LogP contribution in [0.1, 0.15) is 41.3 Å². The van der Waals surface area contributed by atoms with Crippen LogP contribution in [0.5, 0.6) is 5.75 Å². The predicted molar refractivity (Wildman–Crippen MR) is 107 cm³/mol. The molecule has 0 bridgehead atoms. The third-order valence-electron chi connectivity index (χ3n) is 5.11. The quantitative estimate of drug-likeness (QED) is 0.796. The summed E-state index contributed by atoms with van der Waals surface area (Å²) in [5.41, 5.74) is 2.26. The lowest BCUT2D eigenvalue weighted by molar-refractivity contribution is -0.123. The number of carbonyl (C=O) groups excluding carboxylic acids is 1. The molecule has 1 aromatic heterocycles. The number of nitrogens with zero attached hydrogens (tertiary/aromatic N) is 1. The normalized spacial score (nSPS) is 16.2. The summed E-state index contributed by atoms with van der Waals surface area (Å²) in [6.45, 7) is 6.98. The number of benzene rings is 1. The summed E-state index contributed by atoms with van der Waals surface area (Å²) in [7, 11) is 0. The Morgan fingerprint density at radius 1 is 1.19 bits per heavy atom. The number of thiophene rings is 1. The van der Waals surface area contributed by atoms with E-state index in [-0.39, 0.29) is 18.6 Å². The maximum atomic E-state index is 12.3. The minimum absolute atomic E-state index is 0.0570. The molecular weight excluding hydrogens is 344 g/mol. The van der Waals surface area contributed by atoms with Gasteiger partial charge in [-0.05, 0) is 68.4 Å². The second kappa shape index (κ2) is 9.19. The Labute approximate surface area is 160 Å². The molecule has 26 heavy (non-hydrogen) atoms. The number of amides is 1. The Morgan fingerprint density at radius 3 is 2.73 bits per heavy atom. The summed E-state index contributed by atoms with van der Waals surface area (Å²) in [5.74, 6) is 0.718. The second-order valence-corrected chi connectivity index (χ2v) is 7.90. The van der Waals surface area contributed by atoms with Crippen LogP contribution in [0.25, 0.3) is 0 Å². The molecule has 1 N–H and O–H groups in total. The zero-order valence-corrected chi connectivity index (χ0v) is 16.5. The van der Waals surface area contributed by atoms with Crippen LogP contribution in [-0.4, -0.2) is 37.0 Å². The minimum Gasteiger partial charge on any atom is -0.483 e. The van der Waals surface area contributed by atoms with Crippen molar-refractivity contribution >= 4 is 17.2 Å². The van der Waals surface area contributed by atoms with Crippen LogP contribution in [0.15, 0.2) is 35.7 Å². The van der Waals surface area contributed by atoms with E-state index in [9.17, 15) is 4.79 Å². The van der Waals surface area contributed by atoms with Crippen LogP contribution in [0.4, 0.5) is 0 Å². The zero-order valence-electron chi connectivity index (χ0n) is 15.7. The fourth-order valence-corrected chi connectivity index (χ4v) is 4.27. The number of hydrogen-bond donors (Lipinski definition) is 1. The van der Waals surface area contributed by atoms with E-state index in [1.807, 2.05) is 32.0 Å². The highest BCUT2D eigenvalue weighted by atomic mass is 32.1. The van der Waals surface area contributed by atoms with Crippen LogP contribution in [0.2, 0.25) is 0 Å². The van der Waals surface area contributed by atoms with Crippen LogP contribution in [0.3, 0.4) is 0 Å². The Morgan fingerprint density at radius 2 is 2.00 bits per heavy atom. The van der Waals surface area contributed by atoms with E-state index < -0.39 is 0 Å². The number of carbonyl (C=O) groups is 1. The highest BCUT2D eigenvalue weighted by Gasteiger charge is 2.23. The lowest BCUT2D eigenvalue weighted by atomic mass is 10.1. The Balaban J connectivity index is 1.54. The fraction of sp³-hybridized carbons (Fsp3) is 0.476. The largest absolute Gasteiger partial charge is 0.483 e. The molecule has 3 rings (SSSR count). The van der Waals surface area contributed by atoms with Gasteiger partial charge in [-0.2, -0.15) is 0 Å². The highest BCUT2D eigenvalue weighted by Crippen LogP contribution is 2.27. The second-order valence-electron chi connectivity index (χ2n) is 6.92. The van der Waals surface area contributed by atoms with Gasteiger partial charge in [0.05, 0.1) is 6.04 Å². The van der Waals surface area contributed by atoms with Crippen LogP contribution in [0, 0.1) is 13.8 Å². The predicted octanol–water partition coefficient (Wildman–Crippen LogP) is 4.09. The van der Waals surface area contributed by atoms with E-state index in [0.29, 0.717) is 6.54 Å². The molecule has 0 unspecified atom stereocenters. The number of hydrogen-bond acceptors (Lipinski definition) is 4. The highest BCUT2D eigenvalue weighted by molar-refractivity contribution is 7.10. The van der Waals surface area contributed by atoms with Gasteiger partial charge in [0.15, 0.2) is 6.61 Å². The van der Waals surface area contributed by atoms with Crippen molar-refractivity contribution in [2.75, 3.05) is 26.2 Å². The molecule has 2 aromatic rings. The summed E-state index contributed by atoms with van der Waals surface area (Å²) < 4.78 is 5.72. The Hall–Kier alpha value is -1.85. The molecule has 1 amide bonds. The summed E-state index contributed by atoms with van der Waals surface area (Å²) in [4.78, 5) is 16.1. The van der Waals surface area contributed by atoms with Crippen LogP contribution < -0.4 is 10.1 Å². The maximum Gasteiger partial charge on any atom is 0.258 e. The average molecular weight is 373 g/mol. The summed E-state index contributed by atoms with van der Waals surface area (Å²) in [6.07, 6.45) is 3.79. The minimum atomic E-state index is -0.0653. The topological polar surface area (TPSA) is 41.6 Å². The number of likely N-dealkylation sites (tertiary alicyclic amines) is 1. The van der Waals surface area contributed by atoms with Gasteiger partial charge in [-0.1, -0.05) is 24.6 Å². The first kappa shape index (κ1) is 18.9. The van der Waals surface area contributed by atoms with Crippen molar-refractivity contribution in [3.8, 4) is 5.75 Å². The van der Waals surface area contributed by atoms with Gasteiger partial charge in [0.25, 0.3) is 5.91 Å². The van der Waals surface area contributed by atoms with Crippen molar-refractivity contribution in [1.29, 1.82) is 0 Å². The van der Waals surface area contributed by atoms with Gasteiger partial charge in [-0.15, -0.1) is 11.3 Å². The lowest BCUT2D eigenvalue weighted by Gasteiger charge is -2.34. The van der Waals surface area contributed by atoms with E-state index in [1.54, 1.807) is 11.3 Å². The molecule has 1 aliphatic heterocycles. The Kier molecular flexibility index (Phi) is 6.69. The van der Waals surface area contributed by atoms with E-state index in [2.05, 4.69) is 27.7 Å². The molecule has 2 heterocycles. The van der Waals surface area contributed by atoms with E-state index in [0.717, 1.165) is 24.4 Å². The maximum absolute atomic E-state index is 12.3. The first-order valence-corrected chi connectivity index (χ1v) is 10.3. The molecule has 0 aliphatic carbocycles. The van der Waals surface area contributed by atoms with Crippen molar-refractivity contribution in [3.63, 3.8) is 0 Å². The van der Waals surface area contributed by atoms with Gasteiger partial charge in [-0.3, -0.25) is 9.69 Å². The SMILES string of the molecule is Cc1cccc(OCC(=O)NC[C@@H](c2cccs2)N2CCCCC2)c1C. The molecule has 1 aliphatic rings. The molecule has 4 nitrogen and oxygen atoms in total. The number of nitrogens with one attached hydrogen (secondary N) is 1. The molecule has 1 aromatic carbocycles. The third kappa shape index (κ3) is 4.86. The fourth-order valence-electron chi connectivity index (χ4n) is 3.41. The van der Waals surface area contributed by atoms with Gasteiger partial charge in [0.2, 0.25) is 0 Å². The number of aryl methyl sites for hydroxylation is 1. The van der Waals surface area contributed by atoms with Crippen molar-refractivity contribution in [2.24, 2.45) is 0 Å². The van der Waals surface area contributed by atoms with Gasteiger partial charge < -0.3 is 10.1 Å². The van der Waals surface area contributed by atoms with Crippen molar-refractivity contribution in [1.82, 2.24) is 10.2 Å². The van der Waals surface area contributed by atoms with Crippen molar-refractivity contribution in [2.45, 2.75) is 39.2 Å². The standard InChI is InChI=1S/C21H28N2O2S/c1-16-8-6-9-19(17(16)2)25-15-21(24)22-14-18(20-10-7-13-26-20)23-11-4-3-5-12-23/h6-10,13,18H,3-5,11-12,14-15H2,1-2H3,(H,22,24)/t18-/m0/s1. The number of rotatable bonds is 7. The van der Waals surface area contributed by atoms with Gasteiger partial charge >= 0.3 is 0 Å².